The number of alkyl halides is 2. The molecular weight excluding hydrogens is 518 g/mol. The molecule has 0 saturated carbocycles. The fourth-order valence-corrected chi connectivity index (χ4v) is 6.44. The second-order valence-electron chi connectivity index (χ2n) is 9.16. The van der Waals surface area contributed by atoms with E-state index < -0.39 is 33.1 Å². The van der Waals surface area contributed by atoms with Crippen LogP contribution in [0.3, 0.4) is 0 Å². The van der Waals surface area contributed by atoms with Crippen molar-refractivity contribution in [2.24, 2.45) is 0 Å². The summed E-state index contributed by atoms with van der Waals surface area (Å²) >= 11 is 0.696. The van der Waals surface area contributed by atoms with Crippen molar-refractivity contribution in [3.63, 3.8) is 0 Å². The molecule has 2 aliphatic heterocycles. The molecule has 3 aromatic heterocycles. The lowest BCUT2D eigenvalue weighted by Gasteiger charge is -2.41. The van der Waals surface area contributed by atoms with Gasteiger partial charge in [0, 0.05) is 12.7 Å². The first-order chi connectivity index (χ1) is 17.1. The summed E-state index contributed by atoms with van der Waals surface area (Å²) in [6.45, 7) is 4.75. The Kier molecular flexibility index (Phi) is 6.72. The minimum Gasteiger partial charge on any atom is -0.394 e. The Bertz CT molecular complexity index is 1360. The SMILES string of the molecule is CC[C@@H]1CO[C@@H](CO)CN1c1cc(S(=O)(=O)NC2(C)COC2)cn2c(-c3nnc(C(F)F)s3)ncc12. The first-order valence-electron chi connectivity index (χ1n) is 11.4. The second-order valence-corrected chi connectivity index (χ2v) is 11.8. The molecule has 0 radical (unpaired) electrons. The smallest absolute Gasteiger partial charge is 0.291 e. The topological polar surface area (TPSA) is 131 Å². The summed E-state index contributed by atoms with van der Waals surface area (Å²) in [4.78, 5) is 6.37. The number of rotatable bonds is 8. The number of halogens is 2. The molecule has 36 heavy (non-hydrogen) atoms. The molecule has 2 N–H and O–H groups in total. The Balaban J connectivity index is 1.67. The van der Waals surface area contributed by atoms with Crippen molar-refractivity contribution in [1.82, 2.24) is 24.3 Å². The normalized spacial score (nSPS) is 22.3. The standard InChI is InChI=1S/C21H26F2N6O5S2/c1-3-12-9-34-13(8-30)6-28(12)15-4-14(36(31,32)27-21(2)10-33-11-21)7-29-16(15)5-24-18(29)20-26-25-19(35-20)17(22)23/h4-5,7,12-13,17,27,30H,3,6,8-11H2,1-2H3/t12-,13-/m1/s1. The van der Waals surface area contributed by atoms with Gasteiger partial charge < -0.3 is 19.5 Å². The Hall–Kier alpha value is -2.30. The quantitative estimate of drug-likeness (QED) is 0.436. The third kappa shape index (κ3) is 4.59. The monoisotopic (exact) mass is 544 g/mol. The van der Waals surface area contributed by atoms with Crippen LogP contribution < -0.4 is 9.62 Å². The predicted molar refractivity (Wildman–Crippen MR) is 127 cm³/mol. The summed E-state index contributed by atoms with van der Waals surface area (Å²) < 4.78 is 68.4. The molecule has 0 spiro atoms. The zero-order valence-electron chi connectivity index (χ0n) is 19.6. The Morgan fingerprint density at radius 3 is 2.75 bits per heavy atom. The lowest BCUT2D eigenvalue weighted by atomic mass is 10.0. The number of anilines is 1. The van der Waals surface area contributed by atoms with Crippen LogP contribution in [0.1, 0.15) is 31.7 Å². The van der Waals surface area contributed by atoms with E-state index in [4.69, 9.17) is 9.47 Å². The number of aromatic nitrogens is 4. The highest BCUT2D eigenvalue weighted by Gasteiger charge is 2.39. The second kappa shape index (κ2) is 9.54. The van der Waals surface area contributed by atoms with Gasteiger partial charge >= 0.3 is 0 Å². The molecule has 0 bridgehead atoms. The van der Waals surface area contributed by atoms with Gasteiger partial charge in [-0.1, -0.05) is 18.3 Å². The van der Waals surface area contributed by atoms with Crippen LogP contribution in [0, 0.1) is 0 Å². The Morgan fingerprint density at radius 1 is 1.36 bits per heavy atom. The van der Waals surface area contributed by atoms with Gasteiger partial charge in [-0.3, -0.25) is 4.40 Å². The third-order valence-electron chi connectivity index (χ3n) is 6.30. The molecule has 0 amide bonds. The van der Waals surface area contributed by atoms with Crippen molar-refractivity contribution in [3.05, 3.63) is 23.5 Å². The lowest BCUT2D eigenvalue weighted by molar-refractivity contribution is -0.0523. The molecule has 2 saturated heterocycles. The van der Waals surface area contributed by atoms with E-state index >= 15 is 0 Å². The number of hydrogen-bond donors (Lipinski definition) is 2. The number of aliphatic hydroxyl groups is 1. The summed E-state index contributed by atoms with van der Waals surface area (Å²) in [5.74, 6) is 0.200. The van der Waals surface area contributed by atoms with E-state index in [0.717, 1.165) is 0 Å². The van der Waals surface area contributed by atoms with E-state index in [0.29, 0.717) is 42.1 Å². The van der Waals surface area contributed by atoms with Crippen molar-refractivity contribution >= 4 is 32.6 Å². The zero-order valence-corrected chi connectivity index (χ0v) is 21.2. The number of nitrogens with one attached hydrogen (secondary N) is 1. The van der Waals surface area contributed by atoms with Crippen molar-refractivity contribution in [1.29, 1.82) is 0 Å². The van der Waals surface area contributed by atoms with Gasteiger partial charge in [0.05, 0.1) is 61.5 Å². The average molecular weight is 545 g/mol. The van der Waals surface area contributed by atoms with Gasteiger partial charge in [0.2, 0.25) is 10.0 Å². The van der Waals surface area contributed by atoms with E-state index in [1.807, 2.05) is 11.8 Å². The number of sulfonamides is 1. The van der Waals surface area contributed by atoms with Crippen LogP contribution in [-0.4, -0.2) is 83.8 Å². The molecule has 3 aromatic rings. The molecule has 5 rings (SSSR count). The minimum absolute atomic E-state index is 0.0298. The first kappa shape index (κ1) is 25.4. The number of ether oxygens (including phenoxy) is 2. The summed E-state index contributed by atoms with van der Waals surface area (Å²) in [5.41, 5.74) is 0.399. The van der Waals surface area contributed by atoms with E-state index in [2.05, 4.69) is 19.9 Å². The van der Waals surface area contributed by atoms with Gasteiger partial charge in [-0.2, -0.15) is 0 Å². The van der Waals surface area contributed by atoms with Crippen LogP contribution in [0.4, 0.5) is 14.5 Å². The number of morpholine rings is 1. The molecule has 11 nitrogen and oxygen atoms in total. The first-order valence-corrected chi connectivity index (χ1v) is 13.7. The maximum absolute atomic E-state index is 13.4. The van der Waals surface area contributed by atoms with Gasteiger partial charge in [0.15, 0.2) is 15.8 Å². The number of imidazole rings is 1. The van der Waals surface area contributed by atoms with Crippen molar-refractivity contribution in [3.8, 4) is 10.8 Å². The predicted octanol–water partition coefficient (Wildman–Crippen LogP) is 1.83. The summed E-state index contributed by atoms with van der Waals surface area (Å²) in [5, 5.41) is 16.8. The number of fused-ring (bicyclic) bond motifs is 1. The molecule has 2 atom stereocenters. The van der Waals surface area contributed by atoms with Gasteiger partial charge in [-0.15, -0.1) is 10.2 Å². The zero-order chi connectivity index (χ0) is 25.7. The third-order valence-corrected chi connectivity index (χ3v) is 8.83. The van der Waals surface area contributed by atoms with Crippen molar-refractivity contribution < 1.29 is 31.8 Å². The van der Waals surface area contributed by atoms with E-state index in [9.17, 15) is 22.3 Å². The lowest BCUT2D eigenvalue weighted by Crippen LogP contribution is -2.59. The number of nitrogens with zero attached hydrogens (tertiary/aromatic N) is 5. The molecule has 2 aliphatic rings. The number of pyridine rings is 1. The van der Waals surface area contributed by atoms with E-state index in [1.54, 1.807) is 19.2 Å². The molecule has 0 aromatic carbocycles. The van der Waals surface area contributed by atoms with Crippen LogP contribution in [0.15, 0.2) is 23.4 Å². The van der Waals surface area contributed by atoms with Gasteiger partial charge in [0.1, 0.15) is 4.90 Å². The van der Waals surface area contributed by atoms with E-state index in [1.165, 1.54) is 10.6 Å². The molecule has 0 unspecified atom stereocenters. The van der Waals surface area contributed by atoms with Crippen LogP contribution in [0.2, 0.25) is 0 Å². The van der Waals surface area contributed by atoms with Crippen LogP contribution in [-0.2, 0) is 19.5 Å². The summed E-state index contributed by atoms with van der Waals surface area (Å²) in [6.07, 6.45) is 0.439. The largest absolute Gasteiger partial charge is 0.394 e. The Labute approximate surface area is 210 Å². The fourth-order valence-electron chi connectivity index (χ4n) is 4.36. The maximum Gasteiger partial charge on any atom is 0.291 e. The summed E-state index contributed by atoms with van der Waals surface area (Å²) in [6, 6.07) is 1.49. The van der Waals surface area contributed by atoms with Crippen molar-refractivity contribution in [2.45, 2.75) is 49.3 Å². The fraction of sp³-hybridized carbons (Fsp3) is 0.571. The summed E-state index contributed by atoms with van der Waals surface area (Å²) in [7, 11) is -4.00. The molecule has 2 fully saturated rings. The van der Waals surface area contributed by atoms with Gasteiger partial charge in [-0.25, -0.2) is 26.9 Å². The van der Waals surface area contributed by atoms with Crippen LogP contribution in [0.5, 0.6) is 0 Å². The van der Waals surface area contributed by atoms with Gasteiger partial charge in [-0.05, 0) is 19.4 Å². The molecular formula is C21H26F2N6O5S2. The average Bonchev–Trinajstić information content (AvgIpc) is 3.49. The highest BCUT2D eigenvalue weighted by Crippen LogP contribution is 2.35. The molecule has 15 heteroatoms. The molecule has 0 aliphatic carbocycles. The van der Waals surface area contributed by atoms with Crippen LogP contribution >= 0.6 is 11.3 Å². The van der Waals surface area contributed by atoms with Crippen LogP contribution in [0.25, 0.3) is 16.3 Å². The number of aliphatic hydroxyl groups excluding tert-OH is 1. The number of hydrogen-bond acceptors (Lipinski definition) is 10. The maximum atomic E-state index is 13.4. The minimum atomic E-state index is -4.00. The molecule has 196 valence electrons. The highest BCUT2D eigenvalue weighted by molar-refractivity contribution is 7.89. The Morgan fingerprint density at radius 2 is 2.14 bits per heavy atom. The van der Waals surface area contributed by atoms with Crippen molar-refractivity contribution in [2.75, 3.05) is 37.9 Å². The van der Waals surface area contributed by atoms with Gasteiger partial charge in [0.25, 0.3) is 6.43 Å². The highest BCUT2D eigenvalue weighted by atomic mass is 32.2. The molecule has 5 heterocycles. The van der Waals surface area contributed by atoms with E-state index in [-0.39, 0.29) is 41.6 Å².